The van der Waals surface area contributed by atoms with Crippen molar-refractivity contribution in [3.05, 3.63) is 11.8 Å². The van der Waals surface area contributed by atoms with E-state index in [1.54, 1.807) is 0 Å². The number of aliphatic hydroxyl groups is 1. The van der Waals surface area contributed by atoms with E-state index in [2.05, 4.69) is 19.8 Å². The molecule has 0 unspecified atom stereocenters. The third-order valence-electron chi connectivity index (χ3n) is 4.59. The molecule has 0 spiro atoms. The molecule has 3 N–H and O–H groups in total. The molecule has 2 aliphatic rings. The van der Waals surface area contributed by atoms with Crippen LogP contribution in [0.3, 0.4) is 0 Å². The monoisotopic (exact) mass is 307 g/mol. The van der Waals surface area contributed by atoms with Crippen molar-refractivity contribution in [2.75, 3.05) is 63.2 Å². The van der Waals surface area contributed by atoms with Crippen LogP contribution in [0.4, 0.5) is 11.8 Å². The molecule has 3 heterocycles. The molecule has 22 heavy (non-hydrogen) atoms. The maximum Gasteiger partial charge on any atom is 0.222 e. The second-order valence-electron chi connectivity index (χ2n) is 6.25. The first-order chi connectivity index (χ1) is 10.7. The van der Waals surface area contributed by atoms with E-state index in [0.717, 1.165) is 57.4 Å². The number of aliphatic hydroxyl groups excluding tert-OH is 1. The molecule has 0 radical (unpaired) electrons. The van der Waals surface area contributed by atoms with Crippen LogP contribution in [0.15, 0.2) is 6.07 Å². The number of ether oxygens (including phenoxy) is 1. The average Bonchev–Trinajstić information content (AvgIpc) is 2.90. The molecule has 7 heteroatoms. The highest BCUT2D eigenvalue weighted by Gasteiger charge is 2.34. The standard InChI is InChI=1S/C15H25N5O2/c1-11-6-14(18-15(16)17-11)20-8-12(13(9-20)10-21)7-19-2-4-22-5-3-19/h6,12-13,21H,2-5,7-10H2,1H3,(H2,16,17,18)/t12-,13-/m1/s1. The van der Waals surface area contributed by atoms with Gasteiger partial charge in [-0.1, -0.05) is 0 Å². The zero-order valence-corrected chi connectivity index (χ0v) is 13.1. The molecule has 0 bridgehead atoms. The molecule has 2 atom stereocenters. The first-order valence-corrected chi connectivity index (χ1v) is 7.93. The van der Waals surface area contributed by atoms with Crippen LogP contribution < -0.4 is 10.6 Å². The number of aromatic nitrogens is 2. The SMILES string of the molecule is Cc1cc(N2C[C@@H](CN3CCOCC3)[C@@H](CO)C2)nc(N)n1. The van der Waals surface area contributed by atoms with E-state index in [1.165, 1.54) is 0 Å². The van der Waals surface area contributed by atoms with Crippen LogP contribution in [0.2, 0.25) is 0 Å². The Balaban J connectivity index is 1.68. The Hall–Kier alpha value is -1.44. The summed E-state index contributed by atoms with van der Waals surface area (Å²) in [5, 5.41) is 9.71. The maximum atomic E-state index is 9.71. The summed E-state index contributed by atoms with van der Waals surface area (Å²) in [6.45, 7) is 8.44. The molecule has 0 aromatic carbocycles. The Kier molecular flexibility index (Phi) is 4.75. The molecule has 2 fully saturated rings. The van der Waals surface area contributed by atoms with Crippen molar-refractivity contribution in [3.63, 3.8) is 0 Å². The number of nitrogens with two attached hydrogens (primary N) is 1. The predicted octanol–water partition coefficient (Wildman–Crippen LogP) is -0.256. The zero-order chi connectivity index (χ0) is 15.5. The van der Waals surface area contributed by atoms with Gasteiger partial charge in [-0.2, -0.15) is 4.98 Å². The molecule has 1 aromatic heterocycles. The van der Waals surface area contributed by atoms with Gasteiger partial charge in [-0.25, -0.2) is 4.98 Å². The summed E-state index contributed by atoms with van der Waals surface area (Å²) < 4.78 is 5.40. The number of nitrogen functional groups attached to an aromatic ring is 1. The van der Waals surface area contributed by atoms with E-state index in [0.29, 0.717) is 11.9 Å². The number of anilines is 2. The van der Waals surface area contributed by atoms with E-state index in [9.17, 15) is 5.11 Å². The minimum Gasteiger partial charge on any atom is -0.396 e. The fraction of sp³-hybridized carbons (Fsp3) is 0.733. The van der Waals surface area contributed by atoms with Gasteiger partial charge in [-0.15, -0.1) is 0 Å². The molecule has 7 nitrogen and oxygen atoms in total. The number of aryl methyl sites for hydroxylation is 1. The fourth-order valence-corrected chi connectivity index (χ4v) is 3.39. The molecule has 0 aliphatic carbocycles. The Morgan fingerprint density at radius 2 is 2.00 bits per heavy atom. The lowest BCUT2D eigenvalue weighted by molar-refractivity contribution is 0.0268. The van der Waals surface area contributed by atoms with Crippen LogP contribution in [0.5, 0.6) is 0 Å². The van der Waals surface area contributed by atoms with E-state index in [4.69, 9.17) is 10.5 Å². The van der Waals surface area contributed by atoms with E-state index in [-0.39, 0.29) is 12.5 Å². The smallest absolute Gasteiger partial charge is 0.222 e. The van der Waals surface area contributed by atoms with Gasteiger partial charge >= 0.3 is 0 Å². The highest BCUT2D eigenvalue weighted by atomic mass is 16.5. The van der Waals surface area contributed by atoms with Crippen LogP contribution in [0.1, 0.15) is 5.69 Å². The highest BCUT2D eigenvalue weighted by Crippen LogP contribution is 2.28. The lowest BCUT2D eigenvalue weighted by atomic mass is 9.96. The van der Waals surface area contributed by atoms with Crippen LogP contribution in [0, 0.1) is 18.8 Å². The van der Waals surface area contributed by atoms with Gasteiger partial charge in [-0.05, 0) is 12.8 Å². The summed E-state index contributed by atoms with van der Waals surface area (Å²) in [6, 6.07) is 1.96. The third kappa shape index (κ3) is 3.48. The fourth-order valence-electron chi connectivity index (χ4n) is 3.39. The van der Waals surface area contributed by atoms with Gasteiger partial charge in [0, 0.05) is 57.0 Å². The molecule has 122 valence electrons. The average molecular weight is 307 g/mol. The van der Waals surface area contributed by atoms with E-state index in [1.807, 2.05) is 13.0 Å². The number of nitrogens with zero attached hydrogens (tertiary/aromatic N) is 4. The summed E-state index contributed by atoms with van der Waals surface area (Å²) in [7, 11) is 0. The molecule has 3 rings (SSSR count). The first-order valence-electron chi connectivity index (χ1n) is 7.93. The molecule has 0 amide bonds. The van der Waals surface area contributed by atoms with Crippen LogP contribution in [-0.2, 0) is 4.74 Å². The van der Waals surface area contributed by atoms with E-state index < -0.39 is 0 Å². The largest absolute Gasteiger partial charge is 0.396 e. The van der Waals surface area contributed by atoms with Gasteiger partial charge in [-0.3, -0.25) is 4.90 Å². The summed E-state index contributed by atoms with van der Waals surface area (Å²) in [5.74, 6) is 1.90. The first kappa shape index (κ1) is 15.5. The summed E-state index contributed by atoms with van der Waals surface area (Å²) >= 11 is 0. The van der Waals surface area contributed by atoms with Crippen LogP contribution in [0.25, 0.3) is 0 Å². The lowest BCUT2D eigenvalue weighted by Crippen LogP contribution is -2.41. The van der Waals surface area contributed by atoms with Gasteiger partial charge < -0.3 is 20.5 Å². The van der Waals surface area contributed by atoms with Gasteiger partial charge in [0.2, 0.25) is 5.95 Å². The third-order valence-corrected chi connectivity index (χ3v) is 4.59. The Morgan fingerprint density at radius 3 is 2.68 bits per heavy atom. The Bertz CT molecular complexity index is 486. The molecule has 2 saturated heterocycles. The van der Waals surface area contributed by atoms with Gasteiger partial charge in [0.15, 0.2) is 0 Å². The molecule has 0 saturated carbocycles. The van der Waals surface area contributed by atoms with Crippen molar-refractivity contribution in [1.82, 2.24) is 14.9 Å². The number of rotatable bonds is 4. The van der Waals surface area contributed by atoms with Crippen molar-refractivity contribution in [3.8, 4) is 0 Å². The van der Waals surface area contributed by atoms with Crippen molar-refractivity contribution in [1.29, 1.82) is 0 Å². The Labute approximate surface area is 131 Å². The number of hydrogen-bond acceptors (Lipinski definition) is 7. The minimum atomic E-state index is 0.213. The molecule has 1 aromatic rings. The quantitative estimate of drug-likeness (QED) is 0.792. The van der Waals surface area contributed by atoms with Crippen LogP contribution in [-0.4, -0.2) is 72.5 Å². The van der Waals surface area contributed by atoms with Crippen molar-refractivity contribution >= 4 is 11.8 Å². The number of hydrogen-bond donors (Lipinski definition) is 2. The van der Waals surface area contributed by atoms with E-state index >= 15 is 0 Å². The topological polar surface area (TPSA) is 87.7 Å². The molecular weight excluding hydrogens is 282 g/mol. The second-order valence-corrected chi connectivity index (χ2v) is 6.25. The number of morpholine rings is 1. The van der Waals surface area contributed by atoms with Gasteiger partial charge in [0.25, 0.3) is 0 Å². The maximum absolute atomic E-state index is 9.71. The predicted molar refractivity (Wildman–Crippen MR) is 84.7 cm³/mol. The van der Waals surface area contributed by atoms with Crippen molar-refractivity contribution in [2.24, 2.45) is 11.8 Å². The highest BCUT2D eigenvalue weighted by molar-refractivity contribution is 5.44. The summed E-state index contributed by atoms with van der Waals surface area (Å²) in [4.78, 5) is 13.1. The lowest BCUT2D eigenvalue weighted by Gasteiger charge is -2.30. The second kappa shape index (κ2) is 6.76. The minimum absolute atomic E-state index is 0.213. The van der Waals surface area contributed by atoms with Gasteiger partial charge in [0.05, 0.1) is 13.2 Å². The Morgan fingerprint density at radius 1 is 1.27 bits per heavy atom. The van der Waals surface area contributed by atoms with Gasteiger partial charge in [0.1, 0.15) is 5.82 Å². The summed E-state index contributed by atoms with van der Waals surface area (Å²) in [5.41, 5.74) is 6.63. The van der Waals surface area contributed by atoms with Crippen molar-refractivity contribution < 1.29 is 9.84 Å². The molecular formula is C15H25N5O2. The zero-order valence-electron chi connectivity index (χ0n) is 13.1. The molecule has 2 aliphatic heterocycles. The van der Waals surface area contributed by atoms with Crippen molar-refractivity contribution in [2.45, 2.75) is 6.92 Å². The summed E-state index contributed by atoms with van der Waals surface area (Å²) in [6.07, 6.45) is 0. The van der Waals surface area contributed by atoms with Crippen LogP contribution >= 0.6 is 0 Å². The normalized spacial score (nSPS) is 26.5.